The van der Waals surface area contributed by atoms with E-state index in [-0.39, 0.29) is 5.54 Å². The number of nitrogens with zero attached hydrogens (tertiary/aromatic N) is 2. The highest BCUT2D eigenvalue weighted by Crippen LogP contribution is 2.30. The molecular formula is C15H31N3. The van der Waals surface area contributed by atoms with Crippen molar-refractivity contribution in [3.05, 3.63) is 0 Å². The molecule has 1 saturated carbocycles. The van der Waals surface area contributed by atoms with Gasteiger partial charge in [-0.3, -0.25) is 4.90 Å². The van der Waals surface area contributed by atoms with Crippen LogP contribution >= 0.6 is 0 Å². The molecule has 3 nitrogen and oxygen atoms in total. The zero-order chi connectivity index (χ0) is 13.2. The summed E-state index contributed by atoms with van der Waals surface area (Å²) in [6.07, 6.45) is 6.37. The van der Waals surface area contributed by atoms with Crippen LogP contribution in [0.4, 0.5) is 0 Å². The van der Waals surface area contributed by atoms with Crippen molar-refractivity contribution >= 4 is 0 Å². The van der Waals surface area contributed by atoms with Gasteiger partial charge in [0.05, 0.1) is 0 Å². The van der Waals surface area contributed by atoms with Crippen LogP contribution in [0.3, 0.4) is 0 Å². The van der Waals surface area contributed by atoms with Crippen LogP contribution < -0.4 is 5.73 Å². The van der Waals surface area contributed by atoms with E-state index in [1.54, 1.807) is 0 Å². The van der Waals surface area contributed by atoms with E-state index in [0.717, 1.165) is 0 Å². The van der Waals surface area contributed by atoms with Crippen molar-refractivity contribution in [1.82, 2.24) is 9.80 Å². The number of rotatable bonds is 3. The summed E-state index contributed by atoms with van der Waals surface area (Å²) < 4.78 is 0. The van der Waals surface area contributed by atoms with Gasteiger partial charge in [0, 0.05) is 37.3 Å². The van der Waals surface area contributed by atoms with E-state index >= 15 is 0 Å². The van der Waals surface area contributed by atoms with E-state index in [1.807, 2.05) is 0 Å². The topological polar surface area (TPSA) is 32.5 Å². The van der Waals surface area contributed by atoms with Crippen molar-refractivity contribution in [3.63, 3.8) is 0 Å². The highest BCUT2D eigenvalue weighted by molar-refractivity contribution is 4.90. The summed E-state index contributed by atoms with van der Waals surface area (Å²) in [4.78, 5) is 5.20. The normalized spacial score (nSPS) is 26.7. The van der Waals surface area contributed by atoms with Crippen molar-refractivity contribution in [2.24, 2.45) is 5.73 Å². The van der Waals surface area contributed by atoms with Gasteiger partial charge in [0.2, 0.25) is 0 Å². The molecule has 3 heteroatoms. The quantitative estimate of drug-likeness (QED) is 0.836. The number of hydrogen-bond acceptors (Lipinski definition) is 3. The second kappa shape index (κ2) is 5.48. The fourth-order valence-electron chi connectivity index (χ4n) is 3.35. The number of nitrogens with two attached hydrogens (primary N) is 1. The van der Waals surface area contributed by atoms with E-state index in [1.165, 1.54) is 64.8 Å². The van der Waals surface area contributed by atoms with Crippen molar-refractivity contribution in [2.75, 3.05) is 32.7 Å². The van der Waals surface area contributed by atoms with E-state index < -0.39 is 0 Å². The van der Waals surface area contributed by atoms with Gasteiger partial charge in [-0.15, -0.1) is 0 Å². The molecule has 0 radical (unpaired) electrons. The van der Waals surface area contributed by atoms with Crippen LogP contribution in [0.5, 0.6) is 0 Å². The van der Waals surface area contributed by atoms with Gasteiger partial charge in [-0.2, -0.15) is 0 Å². The average molecular weight is 253 g/mol. The Balaban J connectivity index is 1.71. The Kier molecular flexibility index (Phi) is 4.35. The molecular weight excluding hydrogens is 222 g/mol. The second-order valence-electron chi connectivity index (χ2n) is 7.32. The van der Waals surface area contributed by atoms with Crippen LogP contribution in [-0.2, 0) is 0 Å². The molecule has 2 fully saturated rings. The summed E-state index contributed by atoms with van der Waals surface area (Å²) in [6, 6.07) is 0. The Hall–Kier alpha value is -0.120. The standard InChI is InChI=1S/C15H31N3/c1-14(2,3)18-12-10-17(11-13-18)9-8-15(16)6-4-5-7-15/h4-13,16H2,1-3H3. The maximum Gasteiger partial charge on any atom is 0.0166 e. The monoisotopic (exact) mass is 253 g/mol. The molecule has 18 heavy (non-hydrogen) atoms. The molecule has 0 amide bonds. The van der Waals surface area contributed by atoms with Crippen LogP contribution in [-0.4, -0.2) is 53.6 Å². The van der Waals surface area contributed by atoms with Crippen LogP contribution in [0, 0.1) is 0 Å². The fraction of sp³-hybridized carbons (Fsp3) is 1.00. The first-order valence-corrected chi connectivity index (χ1v) is 7.65. The fourth-order valence-corrected chi connectivity index (χ4v) is 3.35. The summed E-state index contributed by atoms with van der Waals surface area (Å²) >= 11 is 0. The lowest BCUT2D eigenvalue weighted by Crippen LogP contribution is -2.54. The summed E-state index contributed by atoms with van der Waals surface area (Å²) in [5.74, 6) is 0. The molecule has 0 aromatic carbocycles. The molecule has 1 aliphatic heterocycles. The highest BCUT2D eigenvalue weighted by atomic mass is 15.3. The Bertz CT molecular complexity index is 255. The molecule has 0 bridgehead atoms. The highest BCUT2D eigenvalue weighted by Gasteiger charge is 2.31. The van der Waals surface area contributed by atoms with Crippen LogP contribution in [0.25, 0.3) is 0 Å². The van der Waals surface area contributed by atoms with E-state index in [2.05, 4.69) is 30.6 Å². The molecule has 1 aliphatic carbocycles. The molecule has 1 saturated heterocycles. The molecule has 0 atom stereocenters. The van der Waals surface area contributed by atoms with Gasteiger partial charge in [-0.25, -0.2) is 0 Å². The minimum Gasteiger partial charge on any atom is -0.325 e. The van der Waals surface area contributed by atoms with Gasteiger partial charge in [0.1, 0.15) is 0 Å². The van der Waals surface area contributed by atoms with E-state index in [4.69, 9.17) is 5.73 Å². The van der Waals surface area contributed by atoms with Gasteiger partial charge in [0.15, 0.2) is 0 Å². The first kappa shape index (κ1) is 14.3. The molecule has 106 valence electrons. The van der Waals surface area contributed by atoms with Crippen molar-refractivity contribution in [1.29, 1.82) is 0 Å². The van der Waals surface area contributed by atoms with Crippen molar-refractivity contribution < 1.29 is 0 Å². The first-order valence-electron chi connectivity index (χ1n) is 7.65. The summed E-state index contributed by atoms with van der Waals surface area (Å²) in [5, 5.41) is 0. The predicted octanol–water partition coefficient (Wildman–Crippen LogP) is 2.06. The first-order chi connectivity index (χ1) is 8.39. The smallest absolute Gasteiger partial charge is 0.0166 e. The van der Waals surface area contributed by atoms with Crippen molar-refractivity contribution in [3.8, 4) is 0 Å². The van der Waals surface area contributed by atoms with Gasteiger partial charge in [0.25, 0.3) is 0 Å². The predicted molar refractivity (Wildman–Crippen MR) is 77.8 cm³/mol. The van der Waals surface area contributed by atoms with Gasteiger partial charge < -0.3 is 10.6 Å². The molecule has 0 unspecified atom stereocenters. The minimum absolute atomic E-state index is 0.168. The molecule has 0 spiro atoms. The van der Waals surface area contributed by atoms with E-state index in [0.29, 0.717) is 5.54 Å². The molecule has 2 rings (SSSR count). The SMILES string of the molecule is CC(C)(C)N1CCN(CCC2(N)CCCC2)CC1. The third-order valence-corrected chi connectivity index (χ3v) is 4.85. The number of hydrogen-bond donors (Lipinski definition) is 1. The lowest BCUT2D eigenvalue weighted by atomic mass is 9.94. The zero-order valence-corrected chi connectivity index (χ0v) is 12.5. The lowest BCUT2D eigenvalue weighted by Gasteiger charge is -2.42. The van der Waals surface area contributed by atoms with Crippen LogP contribution in [0.15, 0.2) is 0 Å². The van der Waals surface area contributed by atoms with Crippen LogP contribution in [0.1, 0.15) is 52.9 Å². The third kappa shape index (κ3) is 3.69. The van der Waals surface area contributed by atoms with Crippen LogP contribution in [0.2, 0.25) is 0 Å². The van der Waals surface area contributed by atoms with Crippen molar-refractivity contribution in [2.45, 2.75) is 64.0 Å². The number of piperazine rings is 1. The summed E-state index contributed by atoms with van der Waals surface area (Å²) in [5.41, 5.74) is 6.93. The maximum atomic E-state index is 6.44. The third-order valence-electron chi connectivity index (χ3n) is 4.85. The molecule has 2 aliphatic rings. The molecule has 0 aromatic rings. The van der Waals surface area contributed by atoms with Gasteiger partial charge >= 0.3 is 0 Å². The molecule has 0 aromatic heterocycles. The average Bonchev–Trinajstić information content (AvgIpc) is 2.74. The molecule has 2 N–H and O–H groups in total. The van der Waals surface area contributed by atoms with E-state index in [9.17, 15) is 0 Å². The minimum atomic E-state index is 0.168. The Morgan fingerprint density at radius 3 is 2.06 bits per heavy atom. The zero-order valence-electron chi connectivity index (χ0n) is 12.5. The molecule has 1 heterocycles. The summed E-state index contributed by atoms with van der Waals surface area (Å²) in [7, 11) is 0. The Morgan fingerprint density at radius 1 is 1.00 bits per heavy atom. The largest absolute Gasteiger partial charge is 0.325 e. The second-order valence-corrected chi connectivity index (χ2v) is 7.32. The Morgan fingerprint density at radius 2 is 1.56 bits per heavy atom. The maximum absolute atomic E-state index is 6.44. The Labute approximate surface area is 113 Å². The summed E-state index contributed by atoms with van der Waals surface area (Å²) in [6.45, 7) is 13.0. The van der Waals surface area contributed by atoms with Gasteiger partial charge in [-0.1, -0.05) is 12.8 Å². The lowest BCUT2D eigenvalue weighted by molar-refractivity contribution is 0.0590. The van der Waals surface area contributed by atoms with Gasteiger partial charge in [-0.05, 0) is 46.6 Å².